The fraction of sp³-hybridized carbons (Fsp3) is 0.600. The van der Waals surface area contributed by atoms with E-state index in [1.807, 2.05) is 36.0 Å². The molecule has 1 aromatic carbocycles. The Hall–Kier alpha value is 0.170. The molecule has 1 saturated carbocycles. The minimum Gasteiger partial charge on any atom is -0.391 e. The molecule has 0 aliphatic heterocycles. The number of aliphatic hydroxyl groups excluding tert-OH is 1. The van der Waals surface area contributed by atoms with Crippen molar-refractivity contribution in [2.24, 2.45) is 0 Å². The summed E-state index contributed by atoms with van der Waals surface area (Å²) in [5, 5.41) is 11.6. The summed E-state index contributed by atoms with van der Waals surface area (Å²) in [6.07, 6.45) is 6.56. The van der Waals surface area contributed by atoms with Crippen LogP contribution in [-0.4, -0.2) is 28.0 Å². The predicted octanol–water partition coefficient (Wildman–Crippen LogP) is 4.86. The zero-order valence-electron chi connectivity index (χ0n) is 11.1. The quantitative estimate of drug-likeness (QED) is 0.757. The minimum absolute atomic E-state index is 0.226. The van der Waals surface area contributed by atoms with Crippen LogP contribution in [0.2, 0.25) is 5.02 Å². The zero-order valence-corrected chi connectivity index (χ0v) is 13.4. The van der Waals surface area contributed by atoms with E-state index in [0.717, 1.165) is 26.7 Å². The highest BCUT2D eigenvalue weighted by Gasteiger charge is 2.15. The van der Waals surface area contributed by atoms with Crippen molar-refractivity contribution < 1.29 is 5.11 Å². The molecule has 2 rings (SSSR count). The Morgan fingerprint density at radius 2 is 2.00 bits per heavy atom. The molecule has 1 fully saturated rings. The van der Waals surface area contributed by atoms with Crippen LogP contribution < -0.4 is 0 Å². The van der Waals surface area contributed by atoms with E-state index in [1.165, 1.54) is 32.1 Å². The van der Waals surface area contributed by atoms with Gasteiger partial charge in [-0.05, 0) is 31.0 Å². The number of benzene rings is 1. The van der Waals surface area contributed by atoms with Crippen molar-refractivity contribution in [3.63, 3.8) is 0 Å². The van der Waals surface area contributed by atoms with Gasteiger partial charge in [0, 0.05) is 26.7 Å². The van der Waals surface area contributed by atoms with Crippen molar-refractivity contribution in [2.75, 3.05) is 11.5 Å². The topological polar surface area (TPSA) is 20.2 Å². The first kappa shape index (κ1) is 15.6. The van der Waals surface area contributed by atoms with Crippen molar-refractivity contribution in [2.45, 2.75) is 48.4 Å². The Balaban J connectivity index is 1.65. The van der Waals surface area contributed by atoms with Gasteiger partial charge in [0.2, 0.25) is 0 Å². The molecule has 106 valence electrons. The van der Waals surface area contributed by atoms with E-state index in [4.69, 9.17) is 11.6 Å². The zero-order chi connectivity index (χ0) is 13.5. The largest absolute Gasteiger partial charge is 0.391 e. The third-order valence-electron chi connectivity index (χ3n) is 3.31. The SMILES string of the molecule is OC(CSc1cccc(Cl)c1)CSC1CCCCC1. The summed E-state index contributed by atoms with van der Waals surface area (Å²) < 4.78 is 0. The molecule has 1 atom stereocenters. The summed E-state index contributed by atoms with van der Waals surface area (Å²) in [6, 6.07) is 7.82. The molecule has 1 unspecified atom stereocenters. The normalized spacial score (nSPS) is 18.4. The van der Waals surface area contributed by atoms with E-state index in [2.05, 4.69) is 0 Å². The first-order valence-electron chi connectivity index (χ1n) is 6.92. The number of rotatable bonds is 6. The molecule has 1 aliphatic carbocycles. The van der Waals surface area contributed by atoms with Crippen LogP contribution in [0.5, 0.6) is 0 Å². The van der Waals surface area contributed by atoms with E-state index < -0.39 is 0 Å². The van der Waals surface area contributed by atoms with Gasteiger partial charge in [-0.2, -0.15) is 11.8 Å². The standard InChI is InChI=1S/C15H21ClOS2/c16-12-5-4-8-15(9-12)19-11-13(17)10-18-14-6-2-1-3-7-14/h4-5,8-9,13-14,17H,1-3,6-7,10-11H2. The molecule has 1 N–H and O–H groups in total. The third kappa shape index (κ3) is 5.99. The highest BCUT2D eigenvalue weighted by Crippen LogP contribution is 2.29. The molecule has 0 radical (unpaired) electrons. The van der Waals surface area contributed by atoms with Crippen LogP contribution in [0.1, 0.15) is 32.1 Å². The lowest BCUT2D eigenvalue weighted by Crippen LogP contribution is -2.17. The summed E-state index contributed by atoms with van der Waals surface area (Å²) in [4.78, 5) is 1.13. The molecule has 1 aliphatic rings. The lowest BCUT2D eigenvalue weighted by Gasteiger charge is -2.22. The molecule has 0 aromatic heterocycles. The van der Waals surface area contributed by atoms with Crippen LogP contribution in [0.4, 0.5) is 0 Å². The monoisotopic (exact) mass is 316 g/mol. The number of thioether (sulfide) groups is 2. The molecule has 1 nitrogen and oxygen atoms in total. The van der Waals surface area contributed by atoms with Gasteiger partial charge in [-0.3, -0.25) is 0 Å². The summed E-state index contributed by atoms with van der Waals surface area (Å²) in [7, 11) is 0. The summed E-state index contributed by atoms with van der Waals surface area (Å²) >= 11 is 9.58. The second kappa shape index (κ2) is 8.46. The molecular weight excluding hydrogens is 296 g/mol. The van der Waals surface area contributed by atoms with E-state index in [-0.39, 0.29) is 6.10 Å². The number of aliphatic hydroxyl groups is 1. The van der Waals surface area contributed by atoms with Crippen LogP contribution in [0.25, 0.3) is 0 Å². The molecule has 1 aromatic rings. The van der Waals surface area contributed by atoms with E-state index >= 15 is 0 Å². The van der Waals surface area contributed by atoms with Gasteiger partial charge in [-0.25, -0.2) is 0 Å². The molecule has 0 amide bonds. The highest BCUT2D eigenvalue weighted by atomic mass is 35.5. The second-order valence-corrected chi connectivity index (χ2v) is 7.88. The number of halogens is 1. The van der Waals surface area contributed by atoms with Gasteiger partial charge in [0.15, 0.2) is 0 Å². The maximum absolute atomic E-state index is 10.0. The molecule has 0 heterocycles. The first-order chi connectivity index (χ1) is 9.24. The number of hydrogen-bond donors (Lipinski definition) is 1. The average Bonchev–Trinajstić information content (AvgIpc) is 2.44. The minimum atomic E-state index is -0.226. The molecule has 0 spiro atoms. The van der Waals surface area contributed by atoms with Gasteiger partial charge in [-0.1, -0.05) is 36.9 Å². The van der Waals surface area contributed by atoms with Crippen molar-refractivity contribution in [3.05, 3.63) is 29.3 Å². The molecular formula is C15H21ClOS2. The Kier molecular flexibility index (Phi) is 6.92. The highest BCUT2D eigenvalue weighted by molar-refractivity contribution is 8.00. The van der Waals surface area contributed by atoms with Gasteiger partial charge in [0.25, 0.3) is 0 Å². The third-order valence-corrected chi connectivity index (χ3v) is 6.21. The molecule has 0 bridgehead atoms. The smallest absolute Gasteiger partial charge is 0.0724 e. The summed E-state index contributed by atoms with van der Waals surface area (Å²) in [5.74, 6) is 1.61. The van der Waals surface area contributed by atoms with Crippen LogP contribution in [0.3, 0.4) is 0 Å². The van der Waals surface area contributed by atoms with Crippen LogP contribution in [0.15, 0.2) is 29.2 Å². The first-order valence-corrected chi connectivity index (χ1v) is 9.33. The van der Waals surface area contributed by atoms with Crippen molar-refractivity contribution in [1.29, 1.82) is 0 Å². The fourth-order valence-corrected chi connectivity index (χ4v) is 4.85. The Labute approximate surface area is 129 Å². The van der Waals surface area contributed by atoms with Gasteiger partial charge in [-0.15, -0.1) is 11.8 Å². The van der Waals surface area contributed by atoms with Crippen LogP contribution >= 0.6 is 35.1 Å². The molecule has 19 heavy (non-hydrogen) atoms. The summed E-state index contributed by atoms with van der Waals surface area (Å²) in [6.45, 7) is 0. The molecule has 0 saturated heterocycles. The second-order valence-electron chi connectivity index (χ2n) is 5.02. The lowest BCUT2D eigenvalue weighted by molar-refractivity contribution is 0.225. The maximum Gasteiger partial charge on any atom is 0.0724 e. The Morgan fingerprint density at radius 1 is 1.21 bits per heavy atom. The summed E-state index contributed by atoms with van der Waals surface area (Å²) in [5.41, 5.74) is 0. The van der Waals surface area contributed by atoms with Gasteiger partial charge in [0.05, 0.1) is 6.10 Å². The van der Waals surface area contributed by atoms with E-state index in [9.17, 15) is 5.11 Å². The Bertz CT molecular complexity index is 380. The lowest BCUT2D eigenvalue weighted by atomic mass is 10.0. The Morgan fingerprint density at radius 3 is 2.74 bits per heavy atom. The molecule has 4 heteroatoms. The van der Waals surface area contributed by atoms with Gasteiger partial charge >= 0.3 is 0 Å². The fourth-order valence-electron chi connectivity index (χ4n) is 2.28. The van der Waals surface area contributed by atoms with Crippen molar-refractivity contribution in [1.82, 2.24) is 0 Å². The van der Waals surface area contributed by atoms with Gasteiger partial charge in [0.1, 0.15) is 0 Å². The van der Waals surface area contributed by atoms with Crippen LogP contribution in [0, 0.1) is 0 Å². The van der Waals surface area contributed by atoms with Crippen molar-refractivity contribution in [3.8, 4) is 0 Å². The van der Waals surface area contributed by atoms with Crippen molar-refractivity contribution >= 4 is 35.1 Å². The predicted molar refractivity (Wildman–Crippen MR) is 87.5 cm³/mol. The average molecular weight is 317 g/mol. The van der Waals surface area contributed by atoms with E-state index in [1.54, 1.807) is 11.8 Å². The van der Waals surface area contributed by atoms with Gasteiger partial charge < -0.3 is 5.11 Å². The van der Waals surface area contributed by atoms with Crippen LogP contribution in [-0.2, 0) is 0 Å². The number of hydrogen-bond acceptors (Lipinski definition) is 3. The van der Waals surface area contributed by atoms with E-state index in [0.29, 0.717) is 0 Å². The maximum atomic E-state index is 10.0.